The fourth-order valence-electron chi connectivity index (χ4n) is 3.22. The van der Waals surface area contributed by atoms with Crippen LogP contribution in [0.2, 0.25) is 0 Å². The molecule has 0 spiro atoms. The van der Waals surface area contributed by atoms with Crippen LogP contribution >= 0.6 is 0 Å². The molecule has 0 aromatic heterocycles. The van der Waals surface area contributed by atoms with Gasteiger partial charge >= 0.3 is 0 Å². The summed E-state index contributed by atoms with van der Waals surface area (Å²) in [5.41, 5.74) is 0. The van der Waals surface area contributed by atoms with Crippen LogP contribution in [0.25, 0.3) is 0 Å². The molecule has 1 aliphatic heterocycles. The molecular weight excluding hydrogens is 218 g/mol. The lowest BCUT2D eigenvalue weighted by Crippen LogP contribution is -2.46. The van der Waals surface area contributed by atoms with E-state index in [0.29, 0.717) is 5.92 Å². The summed E-state index contributed by atoms with van der Waals surface area (Å²) >= 11 is 0. The zero-order valence-corrected chi connectivity index (χ0v) is 10.7. The van der Waals surface area contributed by atoms with Crippen LogP contribution in [0.5, 0.6) is 0 Å². The highest BCUT2D eigenvalue weighted by molar-refractivity contribution is 6.05. The third-order valence-electron chi connectivity index (χ3n) is 4.20. The second kappa shape index (κ2) is 4.41. The molecule has 4 nitrogen and oxygen atoms in total. The van der Waals surface area contributed by atoms with Crippen molar-refractivity contribution in [2.24, 2.45) is 23.7 Å². The Bertz CT molecular complexity index is 316. The number of rotatable bonds is 3. The second-order valence-electron chi connectivity index (χ2n) is 5.83. The summed E-state index contributed by atoms with van der Waals surface area (Å²) < 4.78 is 0. The van der Waals surface area contributed by atoms with Crippen molar-refractivity contribution in [3.8, 4) is 0 Å². The van der Waals surface area contributed by atoms with E-state index in [1.54, 1.807) is 0 Å². The van der Waals surface area contributed by atoms with Crippen LogP contribution < -0.4 is 0 Å². The average Bonchev–Trinajstić information content (AvgIpc) is 2.73. The minimum absolute atomic E-state index is 0.0582. The van der Waals surface area contributed by atoms with Crippen LogP contribution in [0, 0.1) is 23.7 Å². The van der Waals surface area contributed by atoms with Crippen LogP contribution in [0.4, 0.5) is 0 Å². The van der Waals surface area contributed by atoms with E-state index in [1.807, 2.05) is 13.8 Å². The predicted octanol–water partition coefficient (Wildman–Crippen LogP) is 1.03. The maximum absolute atomic E-state index is 12.2. The van der Waals surface area contributed by atoms with Gasteiger partial charge in [0.15, 0.2) is 0 Å². The second-order valence-corrected chi connectivity index (χ2v) is 5.83. The molecule has 1 saturated heterocycles. The molecule has 2 rings (SSSR count). The van der Waals surface area contributed by atoms with E-state index >= 15 is 0 Å². The smallest absolute Gasteiger partial charge is 0.233 e. The first-order valence-corrected chi connectivity index (χ1v) is 6.45. The summed E-state index contributed by atoms with van der Waals surface area (Å²) in [4.78, 5) is 25.8. The fourth-order valence-corrected chi connectivity index (χ4v) is 3.22. The third-order valence-corrected chi connectivity index (χ3v) is 4.20. The molecule has 17 heavy (non-hydrogen) atoms. The normalized spacial score (nSPS) is 34.6. The van der Waals surface area contributed by atoms with Gasteiger partial charge in [-0.1, -0.05) is 20.8 Å². The zero-order valence-electron chi connectivity index (χ0n) is 10.7. The maximum Gasteiger partial charge on any atom is 0.233 e. The minimum Gasteiger partial charge on any atom is -0.394 e. The molecule has 96 valence electrons. The van der Waals surface area contributed by atoms with Crippen molar-refractivity contribution in [1.82, 2.24) is 4.90 Å². The van der Waals surface area contributed by atoms with Gasteiger partial charge in [-0.3, -0.25) is 14.5 Å². The Hall–Kier alpha value is -0.900. The van der Waals surface area contributed by atoms with Crippen LogP contribution in [-0.4, -0.2) is 34.5 Å². The predicted molar refractivity (Wildman–Crippen MR) is 62.9 cm³/mol. The molecule has 2 aliphatic rings. The molecule has 2 fully saturated rings. The van der Waals surface area contributed by atoms with Gasteiger partial charge in [-0.25, -0.2) is 0 Å². The number of carbonyl (C=O) groups is 2. The van der Waals surface area contributed by atoms with E-state index in [9.17, 15) is 14.7 Å². The lowest BCUT2D eigenvalue weighted by Gasteiger charge is -2.28. The van der Waals surface area contributed by atoms with Crippen LogP contribution in [-0.2, 0) is 9.59 Å². The van der Waals surface area contributed by atoms with Crippen LogP contribution in [0.3, 0.4) is 0 Å². The van der Waals surface area contributed by atoms with Crippen molar-refractivity contribution in [2.45, 2.75) is 39.7 Å². The maximum atomic E-state index is 12.2. The van der Waals surface area contributed by atoms with Crippen molar-refractivity contribution in [2.75, 3.05) is 6.61 Å². The van der Waals surface area contributed by atoms with Gasteiger partial charge in [-0.05, 0) is 24.7 Å². The molecule has 0 aromatic rings. The van der Waals surface area contributed by atoms with E-state index < -0.39 is 0 Å². The number of hydrogen-bond donors (Lipinski definition) is 1. The SMILES string of the molecule is CC1CC2C(=O)N(C(CO)C(C)C)C(=O)C2C1. The highest BCUT2D eigenvalue weighted by atomic mass is 16.3. The van der Waals surface area contributed by atoms with E-state index in [1.165, 1.54) is 4.90 Å². The molecule has 1 N–H and O–H groups in total. The lowest BCUT2D eigenvalue weighted by atomic mass is 10.00. The van der Waals surface area contributed by atoms with Crippen molar-refractivity contribution in [3.63, 3.8) is 0 Å². The molecular formula is C13H21NO3. The van der Waals surface area contributed by atoms with Crippen molar-refractivity contribution >= 4 is 11.8 Å². The quantitative estimate of drug-likeness (QED) is 0.748. The van der Waals surface area contributed by atoms with Crippen molar-refractivity contribution in [3.05, 3.63) is 0 Å². The molecule has 1 saturated carbocycles. The van der Waals surface area contributed by atoms with E-state index in [4.69, 9.17) is 0 Å². The average molecular weight is 239 g/mol. The van der Waals surface area contributed by atoms with Gasteiger partial charge in [-0.2, -0.15) is 0 Å². The van der Waals surface area contributed by atoms with E-state index in [0.717, 1.165) is 12.8 Å². The van der Waals surface area contributed by atoms with Crippen molar-refractivity contribution in [1.29, 1.82) is 0 Å². The summed E-state index contributed by atoms with van der Waals surface area (Å²) in [5.74, 6) is 0.209. The summed E-state index contributed by atoms with van der Waals surface area (Å²) in [6, 6.07) is -0.351. The molecule has 0 bridgehead atoms. The third kappa shape index (κ3) is 1.88. The Morgan fingerprint density at radius 2 is 1.71 bits per heavy atom. The highest BCUT2D eigenvalue weighted by Gasteiger charge is 2.53. The van der Waals surface area contributed by atoms with Crippen molar-refractivity contribution < 1.29 is 14.7 Å². The minimum atomic E-state index is -0.351. The number of amides is 2. The monoisotopic (exact) mass is 239 g/mol. The zero-order chi connectivity index (χ0) is 12.7. The highest BCUT2D eigenvalue weighted by Crippen LogP contribution is 2.43. The summed E-state index contributed by atoms with van der Waals surface area (Å²) in [7, 11) is 0. The number of likely N-dealkylation sites (tertiary alicyclic amines) is 1. The Balaban J connectivity index is 2.22. The Labute approximate surface area is 102 Å². The number of imide groups is 1. The first kappa shape index (κ1) is 12.6. The summed E-state index contributed by atoms with van der Waals surface area (Å²) in [5, 5.41) is 9.36. The summed E-state index contributed by atoms with van der Waals surface area (Å²) in [6.45, 7) is 5.82. The Kier molecular flexibility index (Phi) is 3.25. The molecule has 0 aromatic carbocycles. The number of carbonyl (C=O) groups excluding carboxylic acids is 2. The molecule has 3 atom stereocenters. The van der Waals surface area contributed by atoms with Gasteiger partial charge in [-0.15, -0.1) is 0 Å². The van der Waals surface area contributed by atoms with Gasteiger partial charge in [0.25, 0.3) is 0 Å². The Morgan fingerprint density at radius 1 is 1.24 bits per heavy atom. The van der Waals surface area contributed by atoms with E-state index in [-0.39, 0.29) is 42.2 Å². The molecule has 3 unspecified atom stereocenters. The van der Waals surface area contributed by atoms with Gasteiger partial charge < -0.3 is 5.11 Å². The standard InChI is InChI=1S/C13H21NO3/c1-7(2)11(6-15)14-12(16)9-4-8(3)5-10(9)13(14)17/h7-11,15H,4-6H2,1-3H3. The molecule has 0 radical (unpaired) electrons. The van der Waals surface area contributed by atoms with E-state index in [2.05, 4.69) is 6.92 Å². The number of aliphatic hydroxyl groups is 1. The van der Waals surface area contributed by atoms with Gasteiger partial charge in [0.1, 0.15) is 0 Å². The lowest BCUT2D eigenvalue weighted by molar-refractivity contribution is -0.145. The van der Waals surface area contributed by atoms with Crippen LogP contribution in [0.15, 0.2) is 0 Å². The molecule has 4 heteroatoms. The number of nitrogens with zero attached hydrogens (tertiary/aromatic N) is 1. The largest absolute Gasteiger partial charge is 0.394 e. The topological polar surface area (TPSA) is 57.6 Å². The summed E-state index contributed by atoms with van der Waals surface area (Å²) in [6.07, 6.45) is 1.64. The van der Waals surface area contributed by atoms with Gasteiger partial charge in [0.05, 0.1) is 24.5 Å². The number of fused-ring (bicyclic) bond motifs is 1. The molecule has 1 aliphatic carbocycles. The molecule has 2 amide bonds. The number of aliphatic hydroxyl groups excluding tert-OH is 1. The van der Waals surface area contributed by atoms with Gasteiger partial charge in [0, 0.05) is 0 Å². The van der Waals surface area contributed by atoms with Gasteiger partial charge in [0.2, 0.25) is 11.8 Å². The first-order valence-electron chi connectivity index (χ1n) is 6.45. The Morgan fingerprint density at radius 3 is 2.06 bits per heavy atom. The van der Waals surface area contributed by atoms with Crippen LogP contribution in [0.1, 0.15) is 33.6 Å². The molecule has 1 heterocycles. The fraction of sp³-hybridized carbons (Fsp3) is 0.846. The number of hydrogen-bond acceptors (Lipinski definition) is 3. The first-order chi connectivity index (χ1) is 7.97.